The molecule has 64 heavy (non-hydrogen) atoms. The summed E-state index contributed by atoms with van der Waals surface area (Å²) in [5.74, 6) is 2.03. The van der Waals surface area contributed by atoms with Crippen LogP contribution in [0.1, 0.15) is 105 Å². The van der Waals surface area contributed by atoms with Crippen LogP contribution in [0.2, 0.25) is 0 Å². The number of nitrogens with zero attached hydrogens (tertiary/aromatic N) is 4. The Bertz CT molecular complexity index is 3130. The van der Waals surface area contributed by atoms with Crippen molar-refractivity contribution in [2.45, 2.75) is 105 Å². The van der Waals surface area contributed by atoms with Crippen LogP contribution >= 0.6 is 0 Å². The van der Waals surface area contributed by atoms with E-state index < -0.39 is 0 Å². The van der Waals surface area contributed by atoms with Crippen LogP contribution in [0.3, 0.4) is 0 Å². The molecular weight excluding hydrogens is 964 g/mol. The third-order valence-corrected chi connectivity index (χ3v) is 12.2. The Hall–Kier alpha value is -5.86. The average Bonchev–Trinajstić information content (AvgIpc) is 3.79. The van der Waals surface area contributed by atoms with Gasteiger partial charge < -0.3 is 9.30 Å². The first kappa shape index (κ1) is 44.7. The van der Waals surface area contributed by atoms with Crippen LogP contribution in [0.4, 0.5) is 22.7 Å². The molecule has 0 saturated carbocycles. The van der Waals surface area contributed by atoms with Crippen molar-refractivity contribution in [3.05, 3.63) is 168 Å². The maximum atomic E-state index is 6.70. The van der Waals surface area contributed by atoms with Crippen molar-refractivity contribution in [2.24, 2.45) is 0 Å². The molecular formula is C58H58N4OPt+2. The quantitative estimate of drug-likeness (QED) is 0.123. The third-order valence-electron chi connectivity index (χ3n) is 12.2. The fourth-order valence-electron chi connectivity index (χ4n) is 8.42. The van der Waals surface area contributed by atoms with Crippen molar-refractivity contribution in [2.75, 3.05) is 0 Å². The van der Waals surface area contributed by atoms with E-state index in [1.54, 1.807) is 0 Å². The number of ether oxygens (including phenoxy) is 1. The van der Waals surface area contributed by atoms with Crippen molar-refractivity contribution in [3.63, 3.8) is 0 Å². The summed E-state index contributed by atoms with van der Waals surface area (Å²) in [6.07, 6.45) is 1.91. The fraction of sp³-hybridized carbons (Fsp3) is 0.276. The Kier molecular flexibility index (Phi) is 11.4. The molecule has 9 rings (SSSR count). The van der Waals surface area contributed by atoms with Crippen LogP contribution in [0, 0.1) is 12.1 Å². The van der Waals surface area contributed by atoms with E-state index in [0.717, 1.165) is 55.9 Å². The predicted octanol–water partition coefficient (Wildman–Crippen LogP) is 15.3. The van der Waals surface area contributed by atoms with Gasteiger partial charge in [-0.15, -0.1) is 23.6 Å². The molecule has 0 spiro atoms. The van der Waals surface area contributed by atoms with Crippen molar-refractivity contribution in [3.8, 4) is 28.4 Å². The van der Waals surface area contributed by atoms with Gasteiger partial charge in [-0.3, -0.25) is 0 Å². The summed E-state index contributed by atoms with van der Waals surface area (Å²) in [4.78, 5) is 4.92. The Morgan fingerprint density at radius 1 is 0.547 bits per heavy atom. The van der Waals surface area contributed by atoms with E-state index in [9.17, 15) is 0 Å². The summed E-state index contributed by atoms with van der Waals surface area (Å²) in [5.41, 5.74) is 13.3. The zero-order valence-electron chi connectivity index (χ0n) is 39.2. The number of aromatic nitrogens is 2. The van der Waals surface area contributed by atoms with Crippen molar-refractivity contribution >= 4 is 50.6 Å². The first-order valence-electron chi connectivity index (χ1n) is 22.1. The second-order valence-electron chi connectivity index (χ2n) is 21.1. The van der Waals surface area contributed by atoms with Crippen LogP contribution in [-0.2, 0) is 42.7 Å². The number of para-hydroxylation sites is 2. The monoisotopic (exact) mass is 1020 g/mol. The second kappa shape index (κ2) is 16.3. The first-order valence-corrected chi connectivity index (χ1v) is 22.1. The van der Waals surface area contributed by atoms with Gasteiger partial charge in [0.2, 0.25) is 5.69 Å². The molecule has 0 N–H and O–H groups in total. The minimum Gasteiger partial charge on any atom is -0.509 e. The minimum absolute atomic E-state index is 0. The molecule has 0 atom stereocenters. The molecule has 0 bridgehead atoms. The predicted molar refractivity (Wildman–Crippen MR) is 264 cm³/mol. The molecule has 1 aliphatic rings. The molecule has 3 heterocycles. The Morgan fingerprint density at radius 3 is 1.86 bits per heavy atom. The summed E-state index contributed by atoms with van der Waals surface area (Å²) in [6, 6.07) is 56.5. The Labute approximate surface area is 394 Å². The normalized spacial score (nSPS) is 13.1. The number of pyridine rings is 1. The van der Waals surface area contributed by atoms with E-state index in [1.807, 2.05) is 24.4 Å². The molecule has 5 nitrogen and oxygen atoms in total. The van der Waals surface area contributed by atoms with Gasteiger partial charge in [0.1, 0.15) is 11.5 Å². The average molecular weight is 1020 g/mol. The molecule has 324 valence electrons. The standard InChI is InChI=1S/C58H58N4O.Pt/c1-55(2,3)39-24-27-50-49(33-39)48-26-25-46(36-52(48)62(50)53-34-40(28-29-59-53)56(4,5)6)63-45-21-16-20-44(35-45)60-37-61(43-18-14-13-15-19-43)54-47(22-17-23-51(54)60)38-30-41(57(7,8)9)32-42(31-38)58(10,11)12;/h13-34H,1-12H3;/q;+2. The van der Waals surface area contributed by atoms with Crippen LogP contribution in [0.15, 0.2) is 134 Å². The topological polar surface area (TPSA) is 33.1 Å². The first-order chi connectivity index (χ1) is 29.7. The Balaban J connectivity index is 0.00000560. The van der Waals surface area contributed by atoms with Crippen molar-refractivity contribution in [1.82, 2.24) is 18.7 Å². The van der Waals surface area contributed by atoms with Gasteiger partial charge in [0.25, 0.3) is 5.69 Å². The van der Waals surface area contributed by atoms with Crippen molar-refractivity contribution in [1.29, 1.82) is 0 Å². The summed E-state index contributed by atoms with van der Waals surface area (Å²) in [5, 5.41) is 2.26. The van der Waals surface area contributed by atoms with Gasteiger partial charge >= 0.3 is 32.8 Å². The number of rotatable bonds is 6. The second-order valence-corrected chi connectivity index (χ2v) is 21.1. The molecule has 0 saturated heterocycles. The third kappa shape index (κ3) is 8.45. The molecule has 0 aliphatic carbocycles. The van der Waals surface area contributed by atoms with Crippen LogP contribution < -0.4 is 13.9 Å². The van der Waals surface area contributed by atoms with Crippen LogP contribution in [0.5, 0.6) is 11.5 Å². The molecule has 0 radical (unpaired) electrons. The summed E-state index contributed by atoms with van der Waals surface area (Å²) >= 11 is 0. The van der Waals surface area contributed by atoms with E-state index in [1.165, 1.54) is 27.8 Å². The summed E-state index contributed by atoms with van der Waals surface area (Å²) in [6.45, 7) is 27.2. The zero-order valence-corrected chi connectivity index (χ0v) is 41.5. The van der Waals surface area contributed by atoms with Gasteiger partial charge in [0.05, 0.1) is 5.56 Å². The smallest absolute Gasteiger partial charge is 0.509 e. The van der Waals surface area contributed by atoms with Gasteiger partial charge in [-0.05, 0) is 83.7 Å². The number of hydrogen-bond acceptors (Lipinski definition) is 2. The van der Waals surface area contributed by atoms with E-state index in [2.05, 4.69) is 224 Å². The van der Waals surface area contributed by atoms with E-state index >= 15 is 0 Å². The molecule has 0 unspecified atom stereocenters. The van der Waals surface area contributed by atoms with Gasteiger partial charge in [-0.2, -0.15) is 12.1 Å². The molecule has 1 aliphatic heterocycles. The maximum Gasteiger partial charge on any atom is 2.00 e. The summed E-state index contributed by atoms with van der Waals surface area (Å²) in [7, 11) is 0. The molecule has 6 aromatic carbocycles. The number of hydrogen-bond donors (Lipinski definition) is 0. The molecule has 0 fully saturated rings. The van der Waals surface area contributed by atoms with Gasteiger partial charge in [0.15, 0.2) is 0 Å². The summed E-state index contributed by atoms with van der Waals surface area (Å²) < 4.78 is 13.2. The van der Waals surface area contributed by atoms with Gasteiger partial charge in [0, 0.05) is 41.4 Å². The maximum absolute atomic E-state index is 6.70. The zero-order chi connectivity index (χ0) is 44.6. The molecule has 2 aromatic heterocycles. The molecule has 6 heteroatoms. The number of benzene rings is 6. The van der Waals surface area contributed by atoms with E-state index in [-0.39, 0.29) is 42.7 Å². The molecule has 8 aromatic rings. The van der Waals surface area contributed by atoms with Gasteiger partial charge in [-0.25, -0.2) is 4.98 Å². The Morgan fingerprint density at radius 2 is 1.19 bits per heavy atom. The van der Waals surface area contributed by atoms with Crippen LogP contribution in [0.25, 0.3) is 38.8 Å². The largest absolute Gasteiger partial charge is 2.00 e. The number of fused-ring (bicyclic) bond motifs is 4. The SMILES string of the molecule is CC(C)(C)c1cc(-c2cccc3c2[N+](c2ccccc2)=C=[N+]3c2[c-]c(Oc3[c-]c4c(cc3)c3cc(C(C)(C)C)ccc3n4-c3cc(C(C)(C)C)ccn3)ccc2)cc(C(C)(C)C)c1.[Pt+2]. The van der Waals surface area contributed by atoms with E-state index in [4.69, 9.17) is 9.72 Å². The van der Waals surface area contributed by atoms with Crippen molar-refractivity contribution < 1.29 is 25.8 Å². The van der Waals surface area contributed by atoms with Crippen LogP contribution in [-0.4, -0.2) is 15.6 Å². The molecule has 0 amide bonds. The fourth-order valence-corrected chi connectivity index (χ4v) is 8.42. The van der Waals surface area contributed by atoms with E-state index in [0.29, 0.717) is 11.5 Å². The minimum atomic E-state index is -0.0355. The van der Waals surface area contributed by atoms with Gasteiger partial charge in [-0.1, -0.05) is 160 Å².